The van der Waals surface area contributed by atoms with Gasteiger partial charge in [-0.1, -0.05) is 37.3 Å². The van der Waals surface area contributed by atoms with Crippen molar-refractivity contribution in [1.82, 2.24) is 9.80 Å². The highest BCUT2D eigenvalue weighted by Gasteiger charge is 2.31. The molecule has 2 aliphatic rings. The molecule has 4 heteroatoms. The standard InChI is InChI=1S/C18H26N2O2/c1-2-16(15-7-4-3-5-8-15)19-10-12-20(13-11-19)18(21)17-9-6-14-22-17/h3-5,7-8,16-17H,2,6,9-14H2,1H3/t16-,17+/m1/s1. The van der Waals surface area contributed by atoms with Crippen LogP contribution >= 0.6 is 0 Å². The Labute approximate surface area is 133 Å². The molecule has 2 fully saturated rings. The second-order valence-corrected chi connectivity index (χ2v) is 6.20. The van der Waals surface area contributed by atoms with Gasteiger partial charge in [-0.05, 0) is 24.8 Å². The Balaban J connectivity index is 1.57. The van der Waals surface area contributed by atoms with Gasteiger partial charge in [-0.25, -0.2) is 0 Å². The predicted octanol–water partition coefficient (Wildman–Crippen LogP) is 2.46. The van der Waals surface area contributed by atoms with E-state index in [1.165, 1.54) is 5.56 Å². The summed E-state index contributed by atoms with van der Waals surface area (Å²) in [6.45, 7) is 6.52. The minimum Gasteiger partial charge on any atom is -0.368 e. The summed E-state index contributed by atoms with van der Waals surface area (Å²) in [4.78, 5) is 16.9. The SMILES string of the molecule is CC[C@H](c1ccccc1)N1CCN(C(=O)[C@@H]2CCCO2)CC1. The molecule has 0 aliphatic carbocycles. The van der Waals surface area contributed by atoms with Gasteiger partial charge in [-0.2, -0.15) is 0 Å². The molecule has 0 spiro atoms. The summed E-state index contributed by atoms with van der Waals surface area (Å²) in [6.07, 6.45) is 2.83. The van der Waals surface area contributed by atoms with Crippen molar-refractivity contribution in [3.8, 4) is 0 Å². The van der Waals surface area contributed by atoms with Gasteiger partial charge in [0, 0.05) is 38.8 Å². The molecule has 0 bridgehead atoms. The maximum atomic E-state index is 12.4. The summed E-state index contributed by atoms with van der Waals surface area (Å²) in [5.74, 6) is 0.199. The van der Waals surface area contributed by atoms with Crippen LogP contribution < -0.4 is 0 Å². The van der Waals surface area contributed by atoms with Gasteiger partial charge in [0.05, 0.1) is 0 Å². The Bertz CT molecular complexity index is 477. The van der Waals surface area contributed by atoms with Gasteiger partial charge < -0.3 is 9.64 Å². The molecule has 0 unspecified atom stereocenters. The summed E-state index contributed by atoms with van der Waals surface area (Å²) >= 11 is 0. The molecule has 0 saturated carbocycles. The van der Waals surface area contributed by atoms with Crippen LogP contribution in [-0.2, 0) is 9.53 Å². The van der Waals surface area contributed by atoms with Crippen molar-refractivity contribution in [2.75, 3.05) is 32.8 Å². The Morgan fingerprint density at radius 2 is 1.95 bits per heavy atom. The number of hydrogen-bond acceptors (Lipinski definition) is 3. The van der Waals surface area contributed by atoms with Crippen molar-refractivity contribution in [2.24, 2.45) is 0 Å². The second kappa shape index (κ2) is 7.25. The van der Waals surface area contributed by atoms with E-state index in [-0.39, 0.29) is 12.0 Å². The fourth-order valence-electron chi connectivity index (χ4n) is 3.61. The third-order valence-electron chi connectivity index (χ3n) is 4.84. The molecule has 4 nitrogen and oxygen atoms in total. The lowest BCUT2D eigenvalue weighted by molar-refractivity contribution is -0.143. The van der Waals surface area contributed by atoms with Gasteiger partial charge in [-0.3, -0.25) is 9.69 Å². The largest absolute Gasteiger partial charge is 0.368 e. The lowest BCUT2D eigenvalue weighted by Crippen LogP contribution is -2.52. The molecule has 2 atom stereocenters. The number of nitrogens with zero attached hydrogens (tertiary/aromatic N) is 2. The fraction of sp³-hybridized carbons (Fsp3) is 0.611. The number of ether oxygens (including phenoxy) is 1. The maximum Gasteiger partial charge on any atom is 0.251 e. The van der Waals surface area contributed by atoms with Crippen LogP contribution in [-0.4, -0.2) is 54.6 Å². The average Bonchev–Trinajstić information content (AvgIpc) is 3.11. The molecule has 2 aliphatic heterocycles. The number of piperazine rings is 1. The van der Waals surface area contributed by atoms with Gasteiger partial charge in [0.15, 0.2) is 0 Å². The first-order chi connectivity index (χ1) is 10.8. The monoisotopic (exact) mass is 302 g/mol. The molecule has 2 saturated heterocycles. The molecular formula is C18H26N2O2. The van der Waals surface area contributed by atoms with E-state index < -0.39 is 0 Å². The summed E-state index contributed by atoms with van der Waals surface area (Å²) in [7, 11) is 0. The van der Waals surface area contributed by atoms with Crippen molar-refractivity contribution in [3.63, 3.8) is 0 Å². The van der Waals surface area contributed by atoms with E-state index >= 15 is 0 Å². The second-order valence-electron chi connectivity index (χ2n) is 6.20. The van der Waals surface area contributed by atoms with E-state index in [1.807, 2.05) is 4.90 Å². The Morgan fingerprint density at radius 3 is 2.55 bits per heavy atom. The van der Waals surface area contributed by atoms with Crippen molar-refractivity contribution in [2.45, 2.75) is 38.3 Å². The molecule has 0 N–H and O–H groups in total. The molecule has 3 rings (SSSR count). The number of rotatable bonds is 4. The first-order valence-corrected chi connectivity index (χ1v) is 8.49. The van der Waals surface area contributed by atoms with Crippen LogP contribution in [0.4, 0.5) is 0 Å². The van der Waals surface area contributed by atoms with Crippen molar-refractivity contribution in [3.05, 3.63) is 35.9 Å². The topological polar surface area (TPSA) is 32.8 Å². The summed E-state index contributed by atoms with van der Waals surface area (Å²) in [5.41, 5.74) is 1.38. The zero-order valence-corrected chi connectivity index (χ0v) is 13.4. The van der Waals surface area contributed by atoms with Gasteiger partial charge in [0.25, 0.3) is 5.91 Å². The third-order valence-corrected chi connectivity index (χ3v) is 4.84. The van der Waals surface area contributed by atoms with Crippen LogP contribution in [0.5, 0.6) is 0 Å². The van der Waals surface area contributed by atoms with Crippen LogP contribution in [0.3, 0.4) is 0 Å². The predicted molar refractivity (Wildman–Crippen MR) is 86.6 cm³/mol. The van der Waals surface area contributed by atoms with Crippen LogP contribution in [0.15, 0.2) is 30.3 Å². The zero-order valence-electron chi connectivity index (χ0n) is 13.4. The fourth-order valence-corrected chi connectivity index (χ4v) is 3.61. The highest BCUT2D eigenvalue weighted by Crippen LogP contribution is 2.25. The number of carbonyl (C=O) groups excluding carboxylic acids is 1. The normalized spacial score (nSPS) is 24.4. The molecule has 0 aromatic heterocycles. The average molecular weight is 302 g/mol. The van der Waals surface area contributed by atoms with Gasteiger partial charge in [0.2, 0.25) is 0 Å². The van der Waals surface area contributed by atoms with E-state index in [0.29, 0.717) is 6.04 Å². The van der Waals surface area contributed by atoms with Crippen molar-refractivity contribution < 1.29 is 9.53 Å². The van der Waals surface area contributed by atoms with Gasteiger partial charge in [0.1, 0.15) is 6.10 Å². The molecule has 0 radical (unpaired) electrons. The van der Waals surface area contributed by atoms with E-state index in [9.17, 15) is 4.79 Å². The first kappa shape index (κ1) is 15.5. The molecule has 1 aromatic rings. The summed E-state index contributed by atoms with van der Waals surface area (Å²) in [6, 6.07) is 11.1. The molecule has 2 heterocycles. The van der Waals surface area contributed by atoms with E-state index in [1.54, 1.807) is 0 Å². The van der Waals surface area contributed by atoms with Crippen molar-refractivity contribution >= 4 is 5.91 Å². The van der Waals surface area contributed by atoms with Crippen LogP contribution in [0, 0.1) is 0 Å². The minimum absolute atomic E-state index is 0.178. The highest BCUT2D eigenvalue weighted by atomic mass is 16.5. The van der Waals surface area contributed by atoms with Crippen LogP contribution in [0.2, 0.25) is 0 Å². The van der Waals surface area contributed by atoms with Gasteiger partial charge in [-0.15, -0.1) is 0 Å². The number of benzene rings is 1. The Kier molecular flexibility index (Phi) is 5.11. The zero-order chi connectivity index (χ0) is 15.4. The molecule has 120 valence electrons. The maximum absolute atomic E-state index is 12.4. The molecular weight excluding hydrogens is 276 g/mol. The number of hydrogen-bond donors (Lipinski definition) is 0. The van der Waals surface area contributed by atoms with E-state index in [4.69, 9.17) is 4.74 Å². The minimum atomic E-state index is -0.178. The Hall–Kier alpha value is -1.39. The summed E-state index contributed by atoms with van der Waals surface area (Å²) < 4.78 is 5.53. The highest BCUT2D eigenvalue weighted by molar-refractivity contribution is 5.81. The van der Waals surface area contributed by atoms with Crippen molar-refractivity contribution in [1.29, 1.82) is 0 Å². The number of amides is 1. The molecule has 1 amide bonds. The third kappa shape index (κ3) is 3.33. The lowest BCUT2D eigenvalue weighted by Gasteiger charge is -2.39. The van der Waals surface area contributed by atoms with E-state index in [0.717, 1.165) is 52.0 Å². The van der Waals surface area contributed by atoms with Gasteiger partial charge >= 0.3 is 0 Å². The lowest BCUT2D eigenvalue weighted by atomic mass is 10.0. The summed E-state index contributed by atoms with van der Waals surface area (Å²) in [5, 5.41) is 0. The molecule has 22 heavy (non-hydrogen) atoms. The van der Waals surface area contributed by atoms with Crippen LogP contribution in [0.1, 0.15) is 37.8 Å². The van der Waals surface area contributed by atoms with E-state index in [2.05, 4.69) is 42.2 Å². The van der Waals surface area contributed by atoms with Crippen LogP contribution in [0.25, 0.3) is 0 Å². The smallest absolute Gasteiger partial charge is 0.251 e. The quantitative estimate of drug-likeness (QED) is 0.856. The Morgan fingerprint density at radius 1 is 1.23 bits per heavy atom. The first-order valence-electron chi connectivity index (χ1n) is 8.49. The number of carbonyl (C=O) groups is 1. The molecule has 1 aromatic carbocycles.